The molecule has 10 heavy (non-hydrogen) atoms. The van der Waals surface area contributed by atoms with Crippen molar-refractivity contribution in [2.75, 3.05) is 33.5 Å². The van der Waals surface area contributed by atoms with Crippen LogP contribution in [0.15, 0.2) is 0 Å². The van der Waals surface area contributed by atoms with Gasteiger partial charge in [-0.1, -0.05) is 0 Å². The van der Waals surface area contributed by atoms with Crippen molar-refractivity contribution in [2.24, 2.45) is 0 Å². The molecule has 2 rings (SSSR count). The molecule has 3 heteroatoms. The van der Waals surface area contributed by atoms with Crippen LogP contribution in [0.25, 0.3) is 0 Å². The number of hydrogen-bond donors (Lipinski definition) is 0. The van der Waals surface area contributed by atoms with Gasteiger partial charge in [0.15, 0.2) is 0 Å². The van der Waals surface area contributed by atoms with Crippen LogP contribution in [0.5, 0.6) is 0 Å². The van der Waals surface area contributed by atoms with Gasteiger partial charge in [0.25, 0.3) is 0 Å². The highest BCUT2D eigenvalue weighted by Crippen LogP contribution is 2.16. The number of morpholine rings is 2. The Morgan fingerprint density at radius 3 is 1.70 bits per heavy atom. The number of likely N-dealkylation sites (N-methyl/N-ethyl adjacent to an activating group) is 1. The minimum Gasteiger partial charge on any atom is -0.378 e. The van der Waals surface area contributed by atoms with Crippen molar-refractivity contribution < 1.29 is 9.47 Å². The van der Waals surface area contributed by atoms with Gasteiger partial charge in [-0.25, -0.2) is 0 Å². The van der Waals surface area contributed by atoms with Crippen LogP contribution < -0.4 is 0 Å². The third-order valence-corrected chi connectivity index (χ3v) is 2.39. The quantitative estimate of drug-likeness (QED) is 0.465. The van der Waals surface area contributed by atoms with E-state index >= 15 is 0 Å². The van der Waals surface area contributed by atoms with Gasteiger partial charge in [0.05, 0.1) is 38.5 Å². The van der Waals surface area contributed by atoms with Crippen LogP contribution in [0.4, 0.5) is 0 Å². The summed E-state index contributed by atoms with van der Waals surface area (Å²) in [5.74, 6) is 0. The molecular formula is C7H13NO2. The summed E-state index contributed by atoms with van der Waals surface area (Å²) >= 11 is 0. The van der Waals surface area contributed by atoms with E-state index < -0.39 is 0 Å². The lowest BCUT2D eigenvalue weighted by atomic mass is 10.1. The molecule has 0 aromatic rings. The Bertz CT molecular complexity index is 107. The van der Waals surface area contributed by atoms with E-state index in [0.717, 1.165) is 26.4 Å². The SMILES string of the molecule is CN1C2COCC1COC2. The third kappa shape index (κ3) is 0.944. The predicted molar refractivity (Wildman–Crippen MR) is 37.0 cm³/mol. The Hall–Kier alpha value is -0.120. The second kappa shape index (κ2) is 2.49. The summed E-state index contributed by atoms with van der Waals surface area (Å²) in [5, 5.41) is 0. The molecule has 0 unspecified atom stereocenters. The molecule has 58 valence electrons. The zero-order valence-corrected chi connectivity index (χ0v) is 6.25. The number of fused-ring (bicyclic) bond motifs is 2. The fraction of sp³-hybridized carbons (Fsp3) is 1.00. The zero-order chi connectivity index (χ0) is 6.97. The van der Waals surface area contributed by atoms with Gasteiger partial charge in [0.1, 0.15) is 0 Å². The van der Waals surface area contributed by atoms with E-state index in [1.165, 1.54) is 0 Å². The summed E-state index contributed by atoms with van der Waals surface area (Å²) in [6, 6.07) is 1.01. The lowest BCUT2D eigenvalue weighted by molar-refractivity contribution is -0.127. The summed E-state index contributed by atoms with van der Waals surface area (Å²) in [6.45, 7) is 3.36. The summed E-state index contributed by atoms with van der Waals surface area (Å²) in [5.41, 5.74) is 0. The monoisotopic (exact) mass is 143 g/mol. The third-order valence-electron chi connectivity index (χ3n) is 2.39. The van der Waals surface area contributed by atoms with Gasteiger partial charge in [-0.05, 0) is 7.05 Å². The summed E-state index contributed by atoms with van der Waals surface area (Å²) in [6.07, 6.45) is 0. The van der Waals surface area contributed by atoms with Gasteiger partial charge < -0.3 is 9.47 Å². The molecule has 0 aliphatic carbocycles. The molecule has 0 atom stereocenters. The molecule has 2 aliphatic heterocycles. The fourth-order valence-electron chi connectivity index (χ4n) is 1.54. The van der Waals surface area contributed by atoms with E-state index in [0.29, 0.717) is 12.1 Å². The van der Waals surface area contributed by atoms with Gasteiger partial charge >= 0.3 is 0 Å². The Morgan fingerprint density at radius 2 is 1.40 bits per heavy atom. The second-order valence-corrected chi connectivity index (χ2v) is 3.05. The molecular weight excluding hydrogens is 130 g/mol. The maximum atomic E-state index is 5.39. The minimum absolute atomic E-state index is 0.507. The number of hydrogen-bond acceptors (Lipinski definition) is 3. The van der Waals surface area contributed by atoms with Crippen LogP contribution in [-0.2, 0) is 9.47 Å². The van der Waals surface area contributed by atoms with E-state index in [1.807, 2.05) is 0 Å². The van der Waals surface area contributed by atoms with E-state index in [2.05, 4.69) is 11.9 Å². The van der Waals surface area contributed by atoms with Crippen LogP contribution in [0.3, 0.4) is 0 Å². The summed E-state index contributed by atoms with van der Waals surface area (Å²) in [7, 11) is 2.15. The average Bonchev–Trinajstić information content (AvgIpc) is 1.86. The van der Waals surface area contributed by atoms with Crippen LogP contribution in [-0.4, -0.2) is 50.5 Å². The summed E-state index contributed by atoms with van der Waals surface area (Å²) in [4.78, 5) is 2.37. The van der Waals surface area contributed by atoms with Crippen molar-refractivity contribution >= 4 is 0 Å². The van der Waals surface area contributed by atoms with E-state index in [9.17, 15) is 0 Å². The molecule has 0 saturated carbocycles. The highest BCUT2D eigenvalue weighted by molar-refractivity contribution is 4.83. The molecule has 0 aromatic heterocycles. The van der Waals surface area contributed by atoms with Crippen molar-refractivity contribution in [3.05, 3.63) is 0 Å². The highest BCUT2D eigenvalue weighted by atomic mass is 16.5. The first-order valence-corrected chi connectivity index (χ1v) is 3.75. The predicted octanol–water partition coefficient (Wildman–Crippen LogP) is -0.284. The van der Waals surface area contributed by atoms with Crippen molar-refractivity contribution in [2.45, 2.75) is 12.1 Å². The summed E-state index contributed by atoms with van der Waals surface area (Å²) < 4.78 is 10.8. The van der Waals surface area contributed by atoms with Crippen molar-refractivity contribution in [3.8, 4) is 0 Å². The van der Waals surface area contributed by atoms with Gasteiger partial charge in [0.2, 0.25) is 0 Å². The smallest absolute Gasteiger partial charge is 0.0645 e. The molecule has 0 radical (unpaired) electrons. The molecule has 2 aliphatic rings. The van der Waals surface area contributed by atoms with Crippen LogP contribution in [0.1, 0.15) is 0 Å². The van der Waals surface area contributed by atoms with E-state index in [4.69, 9.17) is 9.47 Å². The molecule has 2 bridgehead atoms. The largest absolute Gasteiger partial charge is 0.378 e. The first-order chi connectivity index (χ1) is 4.88. The van der Waals surface area contributed by atoms with Gasteiger partial charge in [-0.15, -0.1) is 0 Å². The van der Waals surface area contributed by atoms with Crippen LogP contribution in [0, 0.1) is 0 Å². The Kier molecular flexibility index (Phi) is 1.64. The zero-order valence-electron chi connectivity index (χ0n) is 6.25. The molecule has 0 aromatic carbocycles. The Balaban J connectivity index is 2.05. The van der Waals surface area contributed by atoms with Crippen molar-refractivity contribution in [1.82, 2.24) is 4.90 Å². The molecule has 2 heterocycles. The number of ether oxygens (including phenoxy) is 2. The van der Waals surface area contributed by atoms with E-state index in [1.54, 1.807) is 0 Å². The molecule has 0 spiro atoms. The maximum Gasteiger partial charge on any atom is 0.0645 e. The van der Waals surface area contributed by atoms with Crippen molar-refractivity contribution in [1.29, 1.82) is 0 Å². The first kappa shape index (κ1) is 6.58. The topological polar surface area (TPSA) is 21.7 Å². The van der Waals surface area contributed by atoms with Gasteiger partial charge in [-0.2, -0.15) is 0 Å². The Labute approximate surface area is 60.9 Å². The number of nitrogens with zero attached hydrogens (tertiary/aromatic N) is 1. The standard InChI is InChI=1S/C7H13NO2/c1-8-6-2-9-4-7(8)5-10-3-6/h6-7H,2-5H2,1H3. The maximum absolute atomic E-state index is 5.39. The molecule has 2 fully saturated rings. The number of rotatable bonds is 0. The molecule has 0 N–H and O–H groups in total. The average molecular weight is 143 g/mol. The van der Waals surface area contributed by atoms with Gasteiger partial charge in [0, 0.05) is 0 Å². The fourth-order valence-corrected chi connectivity index (χ4v) is 1.54. The van der Waals surface area contributed by atoms with Gasteiger partial charge in [-0.3, -0.25) is 4.90 Å². The highest BCUT2D eigenvalue weighted by Gasteiger charge is 2.32. The lowest BCUT2D eigenvalue weighted by Crippen LogP contribution is -2.57. The molecule has 3 nitrogen and oxygen atoms in total. The van der Waals surface area contributed by atoms with Crippen molar-refractivity contribution in [3.63, 3.8) is 0 Å². The Morgan fingerprint density at radius 1 is 1.00 bits per heavy atom. The normalized spacial score (nSPS) is 41.7. The van der Waals surface area contributed by atoms with Crippen LogP contribution in [0.2, 0.25) is 0 Å². The lowest BCUT2D eigenvalue weighted by Gasteiger charge is -2.43. The van der Waals surface area contributed by atoms with Crippen LogP contribution >= 0.6 is 0 Å². The molecule has 0 amide bonds. The molecule has 2 saturated heterocycles. The first-order valence-electron chi connectivity index (χ1n) is 3.75. The minimum atomic E-state index is 0.507. The second-order valence-electron chi connectivity index (χ2n) is 3.05. The van der Waals surface area contributed by atoms with E-state index in [-0.39, 0.29) is 0 Å².